The SMILES string of the molecule is COC1(c2ccccc2)CN(Cc2ccc(C)s2)C1. The molecule has 1 aliphatic heterocycles. The van der Waals surface area contributed by atoms with Crippen molar-refractivity contribution in [2.24, 2.45) is 0 Å². The second-order valence-electron chi connectivity index (χ2n) is 5.22. The minimum absolute atomic E-state index is 0.104. The molecule has 0 saturated carbocycles. The normalized spacial score (nSPS) is 18.2. The summed E-state index contributed by atoms with van der Waals surface area (Å²) in [4.78, 5) is 5.27. The average molecular weight is 273 g/mol. The number of thiophene rings is 1. The van der Waals surface area contributed by atoms with Crippen molar-refractivity contribution in [2.75, 3.05) is 20.2 Å². The van der Waals surface area contributed by atoms with Gasteiger partial charge in [-0.05, 0) is 24.6 Å². The molecule has 0 N–H and O–H groups in total. The lowest BCUT2D eigenvalue weighted by molar-refractivity contribution is -0.133. The van der Waals surface area contributed by atoms with Gasteiger partial charge in [-0.25, -0.2) is 0 Å². The summed E-state index contributed by atoms with van der Waals surface area (Å²) in [5.74, 6) is 0. The maximum Gasteiger partial charge on any atom is 0.118 e. The fourth-order valence-corrected chi connectivity index (χ4v) is 3.68. The minimum atomic E-state index is -0.104. The Balaban J connectivity index is 1.67. The molecule has 1 aliphatic rings. The van der Waals surface area contributed by atoms with Crippen LogP contribution in [0.3, 0.4) is 0 Å². The Hall–Kier alpha value is -1.16. The number of benzene rings is 1. The molecule has 2 aromatic rings. The molecule has 0 bridgehead atoms. The van der Waals surface area contributed by atoms with Gasteiger partial charge < -0.3 is 4.74 Å². The molecule has 0 unspecified atom stereocenters. The lowest BCUT2D eigenvalue weighted by Gasteiger charge is -2.49. The number of methoxy groups -OCH3 is 1. The number of nitrogens with zero attached hydrogens (tertiary/aromatic N) is 1. The predicted octanol–water partition coefficient (Wildman–Crippen LogP) is 3.41. The second-order valence-corrected chi connectivity index (χ2v) is 6.59. The Morgan fingerprint density at radius 1 is 1.16 bits per heavy atom. The Kier molecular flexibility index (Phi) is 3.44. The van der Waals surface area contributed by atoms with E-state index in [0.29, 0.717) is 0 Å². The van der Waals surface area contributed by atoms with Gasteiger partial charge >= 0.3 is 0 Å². The Labute approximate surface area is 118 Å². The van der Waals surface area contributed by atoms with E-state index in [9.17, 15) is 0 Å². The number of likely N-dealkylation sites (tertiary alicyclic amines) is 1. The van der Waals surface area contributed by atoms with Crippen LogP contribution in [0.25, 0.3) is 0 Å². The first-order valence-electron chi connectivity index (χ1n) is 6.60. The van der Waals surface area contributed by atoms with E-state index in [1.807, 2.05) is 18.4 Å². The summed E-state index contributed by atoms with van der Waals surface area (Å²) < 4.78 is 5.79. The first kappa shape index (κ1) is 12.9. The molecule has 1 aromatic heterocycles. The van der Waals surface area contributed by atoms with Gasteiger partial charge in [-0.2, -0.15) is 0 Å². The summed E-state index contributed by atoms with van der Waals surface area (Å²) in [6, 6.07) is 15.0. The van der Waals surface area contributed by atoms with Crippen molar-refractivity contribution in [3.05, 3.63) is 57.8 Å². The zero-order chi connectivity index (χ0) is 13.3. The predicted molar refractivity (Wildman–Crippen MR) is 79.5 cm³/mol. The average Bonchev–Trinajstić information content (AvgIpc) is 2.80. The Morgan fingerprint density at radius 2 is 1.89 bits per heavy atom. The fourth-order valence-electron chi connectivity index (χ4n) is 2.75. The van der Waals surface area contributed by atoms with Gasteiger partial charge in [-0.1, -0.05) is 30.3 Å². The molecule has 1 fully saturated rings. The minimum Gasteiger partial charge on any atom is -0.371 e. The number of hydrogen-bond acceptors (Lipinski definition) is 3. The molecule has 3 heteroatoms. The molecule has 0 aliphatic carbocycles. The highest BCUT2D eigenvalue weighted by atomic mass is 32.1. The van der Waals surface area contributed by atoms with E-state index in [2.05, 4.69) is 54.3 Å². The summed E-state index contributed by atoms with van der Waals surface area (Å²) in [6.45, 7) is 5.15. The van der Waals surface area contributed by atoms with Gasteiger partial charge in [0.2, 0.25) is 0 Å². The van der Waals surface area contributed by atoms with E-state index in [1.165, 1.54) is 15.3 Å². The molecule has 1 saturated heterocycles. The van der Waals surface area contributed by atoms with Crippen LogP contribution in [0.4, 0.5) is 0 Å². The first-order valence-corrected chi connectivity index (χ1v) is 7.42. The maximum atomic E-state index is 5.79. The van der Waals surface area contributed by atoms with Crippen molar-refractivity contribution in [1.29, 1.82) is 0 Å². The van der Waals surface area contributed by atoms with E-state index in [-0.39, 0.29) is 5.60 Å². The first-order chi connectivity index (χ1) is 9.22. The van der Waals surface area contributed by atoms with Crippen molar-refractivity contribution < 1.29 is 4.74 Å². The molecule has 100 valence electrons. The largest absolute Gasteiger partial charge is 0.371 e. The van der Waals surface area contributed by atoms with Crippen molar-refractivity contribution in [1.82, 2.24) is 4.90 Å². The van der Waals surface area contributed by atoms with Gasteiger partial charge in [0.05, 0.1) is 0 Å². The number of rotatable bonds is 4. The molecule has 19 heavy (non-hydrogen) atoms. The van der Waals surface area contributed by atoms with Gasteiger partial charge in [0.1, 0.15) is 5.60 Å². The number of aryl methyl sites for hydroxylation is 1. The molecule has 3 rings (SSSR count). The van der Waals surface area contributed by atoms with E-state index < -0.39 is 0 Å². The monoisotopic (exact) mass is 273 g/mol. The zero-order valence-corrected chi connectivity index (χ0v) is 12.2. The van der Waals surface area contributed by atoms with Gasteiger partial charge in [0, 0.05) is 36.5 Å². The number of hydrogen-bond donors (Lipinski definition) is 0. The highest BCUT2D eigenvalue weighted by molar-refractivity contribution is 7.11. The smallest absolute Gasteiger partial charge is 0.118 e. The van der Waals surface area contributed by atoms with Crippen LogP contribution >= 0.6 is 11.3 Å². The molecule has 0 radical (unpaired) electrons. The molecule has 0 spiro atoms. The van der Waals surface area contributed by atoms with Crippen LogP contribution in [0.2, 0.25) is 0 Å². The van der Waals surface area contributed by atoms with Crippen molar-refractivity contribution in [2.45, 2.75) is 19.1 Å². The van der Waals surface area contributed by atoms with Crippen LogP contribution in [0.1, 0.15) is 15.3 Å². The van der Waals surface area contributed by atoms with E-state index in [1.54, 1.807) is 0 Å². The van der Waals surface area contributed by atoms with E-state index in [0.717, 1.165) is 19.6 Å². The van der Waals surface area contributed by atoms with Crippen LogP contribution in [-0.4, -0.2) is 25.1 Å². The van der Waals surface area contributed by atoms with Crippen molar-refractivity contribution >= 4 is 11.3 Å². The van der Waals surface area contributed by atoms with Crippen molar-refractivity contribution in [3.8, 4) is 0 Å². The van der Waals surface area contributed by atoms with Gasteiger partial charge in [0.15, 0.2) is 0 Å². The maximum absolute atomic E-state index is 5.79. The summed E-state index contributed by atoms with van der Waals surface area (Å²) >= 11 is 1.89. The molecule has 1 aromatic carbocycles. The highest BCUT2D eigenvalue weighted by Crippen LogP contribution is 2.36. The zero-order valence-electron chi connectivity index (χ0n) is 11.4. The third-order valence-corrected chi connectivity index (χ3v) is 4.81. The molecular weight excluding hydrogens is 254 g/mol. The summed E-state index contributed by atoms with van der Waals surface area (Å²) in [6.07, 6.45) is 0. The highest BCUT2D eigenvalue weighted by Gasteiger charge is 2.44. The summed E-state index contributed by atoms with van der Waals surface area (Å²) in [5, 5.41) is 0. The van der Waals surface area contributed by atoms with Gasteiger partial charge in [0.25, 0.3) is 0 Å². The van der Waals surface area contributed by atoms with E-state index >= 15 is 0 Å². The lowest BCUT2D eigenvalue weighted by Crippen LogP contribution is -2.59. The van der Waals surface area contributed by atoms with Crippen LogP contribution in [0.5, 0.6) is 0 Å². The summed E-state index contributed by atoms with van der Waals surface area (Å²) in [7, 11) is 1.82. The standard InChI is InChI=1S/C16H19NOS/c1-13-8-9-15(19-13)10-17-11-16(12-17,18-2)14-6-4-3-5-7-14/h3-9H,10-12H2,1-2H3. The molecular formula is C16H19NOS. The van der Waals surface area contributed by atoms with E-state index in [4.69, 9.17) is 4.74 Å². The Bertz CT molecular complexity index is 543. The van der Waals surface area contributed by atoms with Gasteiger partial charge in [-0.3, -0.25) is 4.90 Å². The Morgan fingerprint density at radius 3 is 2.47 bits per heavy atom. The van der Waals surface area contributed by atoms with Crippen LogP contribution < -0.4 is 0 Å². The topological polar surface area (TPSA) is 12.5 Å². The fraction of sp³-hybridized carbons (Fsp3) is 0.375. The molecule has 0 amide bonds. The lowest BCUT2D eigenvalue weighted by atomic mass is 9.86. The van der Waals surface area contributed by atoms with Crippen LogP contribution in [0.15, 0.2) is 42.5 Å². The van der Waals surface area contributed by atoms with Crippen molar-refractivity contribution in [3.63, 3.8) is 0 Å². The second kappa shape index (κ2) is 5.08. The van der Waals surface area contributed by atoms with Crippen LogP contribution in [0, 0.1) is 6.92 Å². The molecule has 2 heterocycles. The number of ether oxygens (including phenoxy) is 1. The van der Waals surface area contributed by atoms with Gasteiger partial charge in [-0.15, -0.1) is 11.3 Å². The third kappa shape index (κ3) is 2.46. The molecule has 2 nitrogen and oxygen atoms in total. The molecule has 0 atom stereocenters. The quantitative estimate of drug-likeness (QED) is 0.846. The third-order valence-electron chi connectivity index (χ3n) is 3.82. The summed E-state index contributed by atoms with van der Waals surface area (Å²) in [5.41, 5.74) is 1.18. The van der Waals surface area contributed by atoms with Crippen LogP contribution in [-0.2, 0) is 16.9 Å².